The summed E-state index contributed by atoms with van der Waals surface area (Å²) >= 11 is 0. The molecule has 1 fully saturated rings. The summed E-state index contributed by atoms with van der Waals surface area (Å²) in [6, 6.07) is 4.52. The van der Waals surface area contributed by atoms with Gasteiger partial charge in [-0.3, -0.25) is 14.8 Å². The van der Waals surface area contributed by atoms with E-state index >= 15 is 0 Å². The first-order valence-electron chi connectivity index (χ1n) is 12.8. The van der Waals surface area contributed by atoms with Gasteiger partial charge in [-0.25, -0.2) is 4.98 Å². The molecule has 1 amide bonds. The van der Waals surface area contributed by atoms with E-state index in [9.17, 15) is 9.90 Å². The summed E-state index contributed by atoms with van der Waals surface area (Å²) in [6.45, 7) is 4.82. The van der Waals surface area contributed by atoms with E-state index < -0.39 is 6.10 Å². The van der Waals surface area contributed by atoms with Crippen LogP contribution in [0.15, 0.2) is 36.9 Å². The maximum atomic E-state index is 12.2. The van der Waals surface area contributed by atoms with Crippen molar-refractivity contribution in [2.75, 3.05) is 11.9 Å². The number of pyridine rings is 2. The number of carbonyl (C=O) groups excluding carboxylic acids is 1. The Morgan fingerprint density at radius 3 is 2.78 bits per heavy atom. The van der Waals surface area contributed by atoms with Crippen molar-refractivity contribution in [3.05, 3.63) is 48.2 Å². The van der Waals surface area contributed by atoms with Gasteiger partial charge in [0.1, 0.15) is 11.8 Å². The molecule has 9 heteroatoms. The molecule has 36 heavy (non-hydrogen) atoms. The van der Waals surface area contributed by atoms with Gasteiger partial charge < -0.3 is 19.9 Å². The van der Waals surface area contributed by atoms with E-state index in [1.807, 2.05) is 18.6 Å². The number of aliphatic hydroxyl groups excluding tert-OH is 1. The van der Waals surface area contributed by atoms with Crippen molar-refractivity contribution < 1.29 is 9.90 Å². The molecule has 1 aliphatic carbocycles. The zero-order valence-corrected chi connectivity index (χ0v) is 20.7. The summed E-state index contributed by atoms with van der Waals surface area (Å²) in [5.74, 6) is 1.05. The van der Waals surface area contributed by atoms with Gasteiger partial charge in [-0.1, -0.05) is 6.92 Å². The molecule has 4 aromatic rings. The number of carbonyl (C=O) groups is 1. The SMILES string of the molecule is CC1CCC(n2c3cnccc3c3cnc(Nc4cnc5c(c4)CCN(C(=O)[C@@H](C)O)C5)nc32)CC1. The predicted octanol–water partition coefficient (Wildman–Crippen LogP) is 4.13. The third-order valence-corrected chi connectivity index (χ3v) is 7.67. The first-order valence-corrected chi connectivity index (χ1v) is 12.8. The highest BCUT2D eigenvalue weighted by Crippen LogP contribution is 2.38. The summed E-state index contributed by atoms with van der Waals surface area (Å²) in [5, 5.41) is 15.2. The number of nitrogens with zero attached hydrogens (tertiary/aromatic N) is 6. The van der Waals surface area contributed by atoms with Crippen LogP contribution in [0.3, 0.4) is 0 Å². The molecular formula is C27H31N7O2. The van der Waals surface area contributed by atoms with Gasteiger partial charge in [0.15, 0.2) is 0 Å². The average Bonchev–Trinajstić information content (AvgIpc) is 3.22. The lowest BCUT2D eigenvalue weighted by Gasteiger charge is -2.29. The van der Waals surface area contributed by atoms with Gasteiger partial charge in [0.25, 0.3) is 5.91 Å². The third-order valence-electron chi connectivity index (χ3n) is 7.67. The maximum absolute atomic E-state index is 12.2. The van der Waals surface area contributed by atoms with Gasteiger partial charge in [-0.15, -0.1) is 0 Å². The molecule has 0 saturated heterocycles. The second-order valence-electron chi connectivity index (χ2n) is 10.2. The molecule has 5 heterocycles. The van der Waals surface area contributed by atoms with Gasteiger partial charge >= 0.3 is 0 Å². The molecule has 1 aliphatic heterocycles. The molecule has 1 saturated carbocycles. The Morgan fingerprint density at radius 1 is 1.14 bits per heavy atom. The van der Waals surface area contributed by atoms with Crippen LogP contribution in [0.5, 0.6) is 0 Å². The Kier molecular flexibility index (Phi) is 5.79. The first kappa shape index (κ1) is 22.8. The van der Waals surface area contributed by atoms with Crippen LogP contribution in [0.2, 0.25) is 0 Å². The molecule has 2 aliphatic rings. The number of nitrogens with one attached hydrogen (secondary N) is 1. The van der Waals surface area contributed by atoms with Crippen LogP contribution in [0.1, 0.15) is 56.8 Å². The normalized spacial score (nSPS) is 20.9. The van der Waals surface area contributed by atoms with Crippen molar-refractivity contribution in [3.63, 3.8) is 0 Å². The van der Waals surface area contributed by atoms with Gasteiger partial charge in [0.05, 0.1) is 35.8 Å². The Balaban J connectivity index is 1.31. The highest BCUT2D eigenvalue weighted by Gasteiger charge is 2.26. The van der Waals surface area contributed by atoms with Gasteiger partial charge in [-0.05, 0) is 62.6 Å². The van der Waals surface area contributed by atoms with E-state index in [0.29, 0.717) is 31.5 Å². The van der Waals surface area contributed by atoms with Gasteiger partial charge in [-0.2, -0.15) is 4.98 Å². The quantitative estimate of drug-likeness (QED) is 0.447. The molecule has 186 valence electrons. The molecule has 0 spiro atoms. The van der Waals surface area contributed by atoms with E-state index in [1.165, 1.54) is 19.8 Å². The molecule has 0 aromatic carbocycles. The minimum absolute atomic E-state index is 0.260. The zero-order chi connectivity index (χ0) is 24.8. The topological polar surface area (TPSA) is 109 Å². The number of aromatic nitrogens is 5. The van der Waals surface area contributed by atoms with Crippen LogP contribution in [-0.4, -0.2) is 53.1 Å². The molecule has 6 rings (SSSR count). The van der Waals surface area contributed by atoms with Crippen LogP contribution in [0.25, 0.3) is 21.9 Å². The van der Waals surface area contributed by atoms with E-state index in [2.05, 4.69) is 43.9 Å². The zero-order valence-electron chi connectivity index (χ0n) is 20.7. The number of anilines is 2. The number of hydrogen-bond acceptors (Lipinski definition) is 7. The van der Waals surface area contributed by atoms with E-state index in [-0.39, 0.29) is 5.91 Å². The molecule has 2 N–H and O–H groups in total. The molecule has 0 bridgehead atoms. The molecular weight excluding hydrogens is 454 g/mol. The van der Waals surface area contributed by atoms with Gasteiger partial charge in [0.2, 0.25) is 5.95 Å². The fraction of sp³-hybridized carbons (Fsp3) is 0.444. The van der Waals surface area contributed by atoms with Crippen molar-refractivity contribution >= 4 is 39.5 Å². The van der Waals surface area contributed by atoms with Crippen LogP contribution < -0.4 is 5.32 Å². The van der Waals surface area contributed by atoms with Crippen LogP contribution >= 0.6 is 0 Å². The molecule has 1 atom stereocenters. The van der Waals surface area contributed by atoms with Crippen molar-refractivity contribution in [2.24, 2.45) is 5.92 Å². The minimum atomic E-state index is -0.997. The second kappa shape index (κ2) is 9.13. The van der Waals surface area contributed by atoms with Crippen LogP contribution in [0, 0.1) is 5.92 Å². The number of hydrogen-bond donors (Lipinski definition) is 2. The Morgan fingerprint density at radius 2 is 1.97 bits per heavy atom. The summed E-state index contributed by atoms with van der Waals surface area (Å²) in [5.41, 5.74) is 4.82. The Labute approximate surface area is 209 Å². The number of fused-ring (bicyclic) bond motifs is 4. The fourth-order valence-corrected chi connectivity index (χ4v) is 5.66. The number of rotatable bonds is 4. The minimum Gasteiger partial charge on any atom is -0.384 e. The fourth-order valence-electron chi connectivity index (χ4n) is 5.66. The highest BCUT2D eigenvalue weighted by molar-refractivity contribution is 6.06. The van der Waals surface area contributed by atoms with E-state index in [1.54, 1.807) is 11.1 Å². The lowest BCUT2D eigenvalue weighted by molar-refractivity contribution is -0.140. The molecule has 4 aromatic heterocycles. The molecule has 9 nitrogen and oxygen atoms in total. The lowest BCUT2D eigenvalue weighted by atomic mass is 9.87. The largest absolute Gasteiger partial charge is 0.384 e. The number of aliphatic hydroxyl groups is 1. The van der Waals surface area contributed by atoms with Crippen molar-refractivity contribution in [2.45, 2.75) is 64.6 Å². The predicted molar refractivity (Wildman–Crippen MR) is 138 cm³/mol. The summed E-state index contributed by atoms with van der Waals surface area (Å²) in [6.07, 6.45) is 11.9. The van der Waals surface area contributed by atoms with E-state index in [4.69, 9.17) is 4.98 Å². The average molecular weight is 486 g/mol. The first-order chi connectivity index (χ1) is 17.5. The van der Waals surface area contributed by atoms with Crippen molar-refractivity contribution in [1.82, 2.24) is 29.4 Å². The summed E-state index contributed by atoms with van der Waals surface area (Å²) in [4.78, 5) is 32.4. The van der Waals surface area contributed by atoms with Crippen LogP contribution in [0.4, 0.5) is 11.6 Å². The maximum Gasteiger partial charge on any atom is 0.251 e. The number of amides is 1. The Hall–Kier alpha value is -3.59. The van der Waals surface area contributed by atoms with Crippen LogP contribution in [-0.2, 0) is 17.8 Å². The summed E-state index contributed by atoms with van der Waals surface area (Å²) < 4.78 is 2.37. The monoisotopic (exact) mass is 485 g/mol. The van der Waals surface area contributed by atoms with E-state index in [0.717, 1.165) is 57.6 Å². The second-order valence-corrected chi connectivity index (χ2v) is 10.2. The smallest absolute Gasteiger partial charge is 0.251 e. The standard InChI is InChI=1S/C27H31N7O2/c1-16-3-5-20(6-4-16)34-24-14-28-9-7-21(24)22-13-30-27(32-25(22)34)31-19-11-18-8-10-33(26(36)17(2)35)15-23(18)29-12-19/h7,9,11-14,16-17,20,35H,3-6,8,10,15H2,1-2H3,(H,30,31,32)/t16?,17-,20?/m1/s1. The third kappa shape index (κ3) is 4.07. The van der Waals surface area contributed by atoms with Crippen molar-refractivity contribution in [1.29, 1.82) is 0 Å². The Bertz CT molecular complexity index is 1440. The summed E-state index contributed by atoms with van der Waals surface area (Å²) in [7, 11) is 0. The van der Waals surface area contributed by atoms with Gasteiger partial charge in [0, 0.05) is 35.8 Å². The molecule has 0 radical (unpaired) electrons. The lowest BCUT2D eigenvalue weighted by Crippen LogP contribution is -2.41. The van der Waals surface area contributed by atoms with Crippen molar-refractivity contribution in [3.8, 4) is 0 Å². The molecule has 0 unspecified atom stereocenters. The highest BCUT2D eigenvalue weighted by atomic mass is 16.3.